The van der Waals surface area contributed by atoms with Crippen LogP contribution < -0.4 is 27.0 Å². The molecule has 2 aromatic carbocycles. The fraction of sp³-hybridized carbons (Fsp3) is 0.433. The van der Waals surface area contributed by atoms with Gasteiger partial charge in [-0.1, -0.05) is 24.3 Å². The van der Waals surface area contributed by atoms with Crippen molar-refractivity contribution < 1.29 is 37.8 Å². The van der Waals surface area contributed by atoms with E-state index in [1.54, 1.807) is 24.3 Å². The molecule has 236 valence electrons. The van der Waals surface area contributed by atoms with Crippen molar-refractivity contribution in [2.45, 2.75) is 44.5 Å². The molecule has 2 aromatic rings. The smallest absolute Gasteiger partial charge is 0.407 e. The minimum atomic E-state index is -1.20. The molecule has 2 heterocycles. The van der Waals surface area contributed by atoms with Crippen LogP contribution in [0.4, 0.5) is 14.9 Å². The number of rotatable bonds is 10. The van der Waals surface area contributed by atoms with Crippen molar-refractivity contribution in [3.05, 3.63) is 65.0 Å². The van der Waals surface area contributed by atoms with E-state index in [4.69, 9.17) is 15.2 Å². The predicted octanol–water partition coefficient (Wildman–Crippen LogP) is 1.19. The summed E-state index contributed by atoms with van der Waals surface area (Å²) in [7, 11) is 1.36. The second kappa shape index (κ2) is 14.8. The third-order valence-electron chi connectivity index (χ3n) is 7.61. The molecule has 2 unspecified atom stereocenters. The highest BCUT2D eigenvalue weighted by Crippen LogP contribution is 2.36. The van der Waals surface area contributed by atoms with Crippen LogP contribution >= 0.6 is 0 Å². The average Bonchev–Trinajstić information content (AvgIpc) is 3.43. The number of carbonyl (C=O) groups is 5. The molecule has 6 N–H and O–H groups in total. The number of nitrogens with zero attached hydrogens (tertiary/aromatic N) is 1. The van der Waals surface area contributed by atoms with Crippen LogP contribution in [0.15, 0.2) is 42.5 Å². The molecule has 0 aliphatic carbocycles. The van der Waals surface area contributed by atoms with Gasteiger partial charge in [-0.2, -0.15) is 0 Å². The van der Waals surface area contributed by atoms with E-state index in [1.165, 1.54) is 31.0 Å². The van der Waals surface area contributed by atoms with Gasteiger partial charge in [-0.15, -0.1) is 0 Å². The van der Waals surface area contributed by atoms with E-state index in [0.29, 0.717) is 37.2 Å². The summed E-state index contributed by atoms with van der Waals surface area (Å²) in [6.07, 6.45) is -1.05. The lowest BCUT2D eigenvalue weighted by molar-refractivity contribution is -0.145. The normalized spacial score (nSPS) is 17.5. The largest absolute Gasteiger partial charge is 0.436 e. The molecular weight excluding hydrogens is 575 g/mol. The van der Waals surface area contributed by atoms with Gasteiger partial charge >= 0.3 is 6.09 Å². The molecule has 0 saturated carbocycles. The lowest BCUT2D eigenvalue weighted by Crippen LogP contribution is -2.55. The first-order chi connectivity index (χ1) is 21.1. The molecule has 0 spiro atoms. The van der Waals surface area contributed by atoms with Crippen LogP contribution in [0.1, 0.15) is 47.3 Å². The summed E-state index contributed by atoms with van der Waals surface area (Å²) in [5.41, 5.74) is 6.58. The highest BCUT2D eigenvalue weighted by molar-refractivity contribution is 6.02. The van der Waals surface area contributed by atoms with Gasteiger partial charge in [0.1, 0.15) is 17.9 Å². The third-order valence-corrected chi connectivity index (χ3v) is 7.61. The Morgan fingerprint density at radius 1 is 1.11 bits per heavy atom. The van der Waals surface area contributed by atoms with Crippen molar-refractivity contribution in [3.63, 3.8) is 0 Å². The Kier molecular flexibility index (Phi) is 10.8. The summed E-state index contributed by atoms with van der Waals surface area (Å²) in [6.45, 7) is 2.65. The molecule has 44 heavy (non-hydrogen) atoms. The second-order valence-electron chi connectivity index (χ2n) is 10.5. The van der Waals surface area contributed by atoms with Gasteiger partial charge in [-0.3, -0.25) is 19.2 Å². The summed E-state index contributed by atoms with van der Waals surface area (Å²) in [5.74, 6) is -3.47. The number of hydrogen-bond donors (Lipinski definition) is 5. The monoisotopic (exact) mass is 612 g/mol. The molecule has 2 aliphatic heterocycles. The zero-order valence-corrected chi connectivity index (χ0v) is 24.6. The van der Waals surface area contributed by atoms with Crippen LogP contribution in [0.3, 0.4) is 0 Å². The first-order valence-corrected chi connectivity index (χ1v) is 14.4. The fourth-order valence-electron chi connectivity index (χ4n) is 5.28. The lowest BCUT2D eigenvalue weighted by atomic mass is 9.90. The highest BCUT2D eigenvalue weighted by Gasteiger charge is 2.44. The van der Waals surface area contributed by atoms with Gasteiger partial charge in [0.15, 0.2) is 6.10 Å². The number of halogens is 1. The van der Waals surface area contributed by atoms with Gasteiger partial charge in [0.2, 0.25) is 5.91 Å². The van der Waals surface area contributed by atoms with Crippen molar-refractivity contribution in [1.82, 2.24) is 20.9 Å². The lowest BCUT2D eigenvalue weighted by Gasteiger charge is -2.35. The van der Waals surface area contributed by atoms with Gasteiger partial charge in [-0.25, -0.2) is 9.18 Å². The van der Waals surface area contributed by atoms with Gasteiger partial charge < -0.3 is 41.4 Å². The number of amides is 5. The maximum atomic E-state index is 14.8. The molecule has 1 fully saturated rings. The van der Waals surface area contributed by atoms with E-state index in [9.17, 15) is 28.4 Å². The van der Waals surface area contributed by atoms with Crippen LogP contribution in [0, 0.1) is 11.7 Å². The third kappa shape index (κ3) is 7.50. The Morgan fingerprint density at radius 3 is 2.55 bits per heavy atom. The Balaban J connectivity index is 1.62. The zero-order valence-electron chi connectivity index (χ0n) is 24.6. The van der Waals surface area contributed by atoms with Crippen LogP contribution in [0.25, 0.3) is 0 Å². The molecule has 0 bridgehead atoms. The van der Waals surface area contributed by atoms with Gasteiger partial charge in [0.05, 0.1) is 5.69 Å². The molecule has 2 aliphatic rings. The minimum Gasteiger partial charge on any atom is -0.436 e. The van der Waals surface area contributed by atoms with Crippen LogP contribution in [-0.2, 0) is 30.4 Å². The van der Waals surface area contributed by atoms with E-state index >= 15 is 0 Å². The quantitative estimate of drug-likeness (QED) is 0.265. The Hall–Kier alpha value is -4.56. The maximum absolute atomic E-state index is 14.8. The van der Waals surface area contributed by atoms with Crippen molar-refractivity contribution in [1.29, 1.82) is 0 Å². The van der Waals surface area contributed by atoms with Crippen molar-refractivity contribution in [2.75, 3.05) is 38.7 Å². The molecular formula is C30H37FN6O7. The highest BCUT2D eigenvalue weighted by atomic mass is 19.1. The minimum absolute atomic E-state index is 0.0665. The van der Waals surface area contributed by atoms with Gasteiger partial charge in [0.25, 0.3) is 17.7 Å². The number of benzene rings is 2. The average molecular weight is 613 g/mol. The number of nitrogens with one attached hydrogen (secondary N) is 4. The first-order valence-electron chi connectivity index (χ1n) is 14.4. The Bertz CT molecular complexity index is 1400. The number of fused-ring (bicyclic) bond motifs is 1. The SMILES string of the molecule is CNC(=O)OC(C)C(=O)NC(C(=O)N1Cc2ccccc2[C@H]1C(=O)Nc1cc(C(=O)NCCN)ccc1F)C1CCOCC1. The van der Waals surface area contributed by atoms with E-state index in [1.807, 2.05) is 0 Å². The van der Waals surface area contributed by atoms with Gasteiger partial charge in [-0.05, 0) is 55.0 Å². The molecule has 14 heteroatoms. The van der Waals surface area contributed by atoms with Crippen molar-refractivity contribution >= 4 is 35.4 Å². The number of anilines is 1. The summed E-state index contributed by atoms with van der Waals surface area (Å²) < 4.78 is 25.3. The summed E-state index contributed by atoms with van der Waals surface area (Å²) >= 11 is 0. The maximum Gasteiger partial charge on any atom is 0.407 e. The van der Waals surface area contributed by atoms with E-state index < -0.39 is 53.7 Å². The van der Waals surface area contributed by atoms with Crippen LogP contribution in [0.5, 0.6) is 0 Å². The molecule has 0 radical (unpaired) electrons. The Morgan fingerprint density at radius 2 is 1.84 bits per heavy atom. The van der Waals surface area contributed by atoms with E-state index in [0.717, 1.165) is 6.07 Å². The number of carbonyl (C=O) groups excluding carboxylic acids is 5. The number of alkyl carbamates (subject to hydrolysis) is 1. The van der Waals surface area contributed by atoms with Crippen LogP contribution in [0.2, 0.25) is 0 Å². The van der Waals surface area contributed by atoms with Crippen molar-refractivity contribution in [3.8, 4) is 0 Å². The summed E-state index contributed by atoms with van der Waals surface area (Å²) in [6, 6.07) is 8.35. The van der Waals surface area contributed by atoms with Crippen LogP contribution in [-0.4, -0.2) is 80.1 Å². The fourth-order valence-corrected chi connectivity index (χ4v) is 5.28. The molecule has 4 rings (SSSR count). The molecule has 3 atom stereocenters. The molecule has 5 amide bonds. The second-order valence-corrected chi connectivity index (χ2v) is 10.5. The number of hydrogen-bond acceptors (Lipinski definition) is 8. The zero-order chi connectivity index (χ0) is 31.8. The standard InChI is InChI=1S/C30H37FN6O7/c1-17(44-30(42)33-2)26(38)36-24(18-9-13-43-14-10-18)29(41)37-16-20-5-3-4-6-21(20)25(37)28(40)35-23-15-19(7-8-22(23)31)27(39)34-12-11-32/h3-8,15,17-18,24-25H,9-14,16,32H2,1-2H3,(H,33,42)(H,34,39)(H,35,40)(H,36,38)/t17?,24?,25-/m0/s1. The van der Waals surface area contributed by atoms with Crippen molar-refractivity contribution in [2.24, 2.45) is 11.7 Å². The molecule has 1 saturated heterocycles. The molecule has 13 nitrogen and oxygen atoms in total. The molecule has 0 aromatic heterocycles. The predicted molar refractivity (Wildman–Crippen MR) is 157 cm³/mol. The summed E-state index contributed by atoms with van der Waals surface area (Å²) in [5, 5.41) is 10.2. The number of nitrogens with two attached hydrogens (primary N) is 1. The Labute approximate surface area is 254 Å². The summed E-state index contributed by atoms with van der Waals surface area (Å²) in [4.78, 5) is 66.6. The topological polar surface area (TPSA) is 181 Å². The van der Waals surface area contributed by atoms with E-state index in [2.05, 4.69) is 21.3 Å². The van der Waals surface area contributed by atoms with E-state index in [-0.39, 0.29) is 36.8 Å². The first kappa shape index (κ1) is 32.4. The van der Waals surface area contributed by atoms with Gasteiger partial charge in [0, 0.05) is 45.5 Å². The number of ether oxygens (including phenoxy) is 2.